The summed E-state index contributed by atoms with van der Waals surface area (Å²) in [7, 11) is 0. The molecule has 0 aromatic carbocycles. The van der Waals surface area contributed by atoms with Crippen LogP contribution in [0, 0.1) is 0 Å². The second-order valence-electron chi connectivity index (χ2n) is 4.11. The number of aliphatic carboxylic acids is 1. The van der Waals surface area contributed by atoms with Gasteiger partial charge in [-0.1, -0.05) is 0 Å². The highest BCUT2D eigenvalue weighted by atomic mass is 16.4. The Balaban J connectivity index is 2.14. The SMILES string of the molecule is NC(Cc1cnc2c(n1)CCCC2)C(=O)O. The molecule has 1 aliphatic rings. The van der Waals surface area contributed by atoms with Gasteiger partial charge in [-0.05, 0) is 25.7 Å². The summed E-state index contributed by atoms with van der Waals surface area (Å²) >= 11 is 0. The number of carboxylic acid groups (broad SMARTS) is 1. The number of aryl methyl sites for hydroxylation is 2. The first kappa shape index (κ1) is 11.0. The van der Waals surface area contributed by atoms with Crippen LogP contribution in [0.15, 0.2) is 6.20 Å². The number of carboxylic acids is 1. The Morgan fingerprint density at radius 1 is 1.44 bits per heavy atom. The number of aromatic nitrogens is 2. The summed E-state index contributed by atoms with van der Waals surface area (Å²) in [5, 5.41) is 8.71. The summed E-state index contributed by atoms with van der Waals surface area (Å²) in [6, 6.07) is -0.893. The third-order valence-corrected chi connectivity index (χ3v) is 2.80. The van der Waals surface area contributed by atoms with Crippen molar-refractivity contribution in [1.82, 2.24) is 9.97 Å². The highest BCUT2D eigenvalue weighted by Crippen LogP contribution is 2.17. The summed E-state index contributed by atoms with van der Waals surface area (Å²) in [5.74, 6) is -1.00. The first-order valence-corrected chi connectivity index (χ1v) is 5.49. The lowest BCUT2D eigenvalue weighted by molar-refractivity contribution is -0.138. The number of rotatable bonds is 3. The van der Waals surface area contributed by atoms with Crippen molar-refractivity contribution in [1.29, 1.82) is 0 Å². The molecule has 2 rings (SSSR count). The molecule has 0 radical (unpaired) electrons. The van der Waals surface area contributed by atoms with Crippen LogP contribution in [-0.2, 0) is 24.1 Å². The van der Waals surface area contributed by atoms with E-state index >= 15 is 0 Å². The third-order valence-electron chi connectivity index (χ3n) is 2.80. The second kappa shape index (κ2) is 4.57. The molecule has 5 heteroatoms. The molecule has 1 aromatic heterocycles. The minimum Gasteiger partial charge on any atom is -0.480 e. The van der Waals surface area contributed by atoms with Crippen LogP contribution in [0.25, 0.3) is 0 Å². The van der Waals surface area contributed by atoms with Gasteiger partial charge in [0.05, 0.1) is 17.1 Å². The number of carbonyl (C=O) groups is 1. The number of hydrogen-bond donors (Lipinski definition) is 2. The molecule has 0 saturated carbocycles. The number of nitrogens with zero attached hydrogens (tertiary/aromatic N) is 2. The molecule has 1 atom stereocenters. The van der Waals surface area contributed by atoms with Crippen molar-refractivity contribution < 1.29 is 9.90 Å². The van der Waals surface area contributed by atoms with E-state index in [0.29, 0.717) is 5.69 Å². The van der Waals surface area contributed by atoms with Crippen molar-refractivity contribution in [2.75, 3.05) is 0 Å². The summed E-state index contributed by atoms with van der Waals surface area (Å²) < 4.78 is 0. The van der Waals surface area contributed by atoms with Crippen molar-refractivity contribution in [2.45, 2.75) is 38.1 Å². The van der Waals surface area contributed by atoms with Gasteiger partial charge in [0.15, 0.2) is 0 Å². The summed E-state index contributed by atoms with van der Waals surface area (Å²) in [4.78, 5) is 19.4. The number of fused-ring (bicyclic) bond motifs is 1. The van der Waals surface area contributed by atoms with E-state index in [9.17, 15) is 4.79 Å². The van der Waals surface area contributed by atoms with Gasteiger partial charge in [-0.2, -0.15) is 0 Å². The molecule has 86 valence electrons. The third kappa shape index (κ3) is 2.36. The summed E-state index contributed by atoms with van der Waals surface area (Å²) in [5.41, 5.74) is 8.20. The minimum absolute atomic E-state index is 0.246. The second-order valence-corrected chi connectivity index (χ2v) is 4.11. The average molecular weight is 221 g/mol. The van der Waals surface area contributed by atoms with Crippen LogP contribution in [-0.4, -0.2) is 27.1 Å². The molecule has 16 heavy (non-hydrogen) atoms. The Morgan fingerprint density at radius 3 is 2.81 bits per heavy atom. The van der Waals surface area contributed by atoms with E-state index in [1.165, 1.54) is 0 Å². The smallest absolute Gasteiger partial charge is 0.320 e. The first-order valence-electron chi connectivity index (χ1n) is 5.49. The molecule has 0 spiro atoms. The van der Waals surface area contributed by atoms with Crippen molar-refractivity contribution in [3.8, 4) is 0 Å². The van der Waals surface area contributed by atoms with E-state index in [4.69, 9.17) is 10.8 Å². The number of hydrogen-bond acceptors (Lipinski definition) is 4. The first-order chi connectivity index (χ1) is 7.66. The average Bonchev–Trinajstić information content (AvgIpc) is 2.28. The summed E-state index contributed by atoms with van der Waals surface area (Å²) in [6.07, 6.45) is 6.11. The van der Waals surface area contributed by atoms with Crippen molar-refractivity contribution in [2.24, 2.45) is 5.73 Å². The lowest BCUT2D eigenvalue weighted by Crippen LogP contribution is -2.32. The van der Waals surface area contributed by atoms with E-state index in [2.05, 4.69) is 9.97 Å². The molecule has 1 aliphatic carbocycles. The van der Waals surface area contributed by atoms with Crippen LogP contribution in [0.4, 0.5) is 0 Å². The van der Waals surface area contributed by atoms with Crippen molar-refractivity contribution >= 4 is 5.97 Å². The van der Waals surface area contributed by atoms with Gasteiger partial charge in [-0.15, -0.1) is 0 Å². The normalized spacial score (nSPS) is 16.6. The fourth-order valence-corrected chi connectivity index (χ4v) is 1.90. The predicted octanol–water partition coefficient (Wildman–Crippen LogP) is 0.310. The summed E-state index contributed by atoms with van der Waals surface area (Å²) in [6.45, 7) is 0. The van der Waals surface area contributed by atoms with Crippen LogP contribution in [0.5, 0.6) is 0 Å². The highest BCUT2D eigenvalue weighted by molar-refractivity contribution is 5.73. The monoisotopic (exact) mass is 221 g/mol. The molecular formula is C11H15N3O2. The Bertz CT molecular complexity index is 406. The van der Waals surface area contributed by atoms with Gasteiger partial charge < -0.3 is 10.8 Å². The van der Waals surface area contributed by atoms with Gasteiger partial charge in [0, 0.05) is 12.6 Å². The number of nitrogens with two attached hydrogens (primary N) is 1. The lowest BCUT2D eigenvalue weighted by Gasteiger charge is -2.14. The molecular weight excluding hydrogens is 206 g/mol. The Morgan fingerprint density at radius 2 is 2.12 bits per heavy atom. The molecule has 3 N–H and O–H groups in total. The van der Waals surface area contributed by atoms with Crippen molar-refractivity contribution in [3.63, 3.8) is 0 Å². The highest BCUT2D eigenvalue weighted by Gasteiger charge is 2.16. The fraction of sp³-hybridized carbons (Fsp3) is 0.545. The van der Waals surface area contributed by atoms with Gasteiger partial charge >= 0.3 is 5.97 Å². The van der Waals surface area contributed by atoms with E-state index in [0.717, 1.165) is 37.1 Å². The van der Waals surface area contributed by atoms with Gasteiger partial charge in [0.2, 0.25) is 0 Å². The molecule has 0 amide bonds. The molecule has 0 bridgehead atoms. The standard InChI is InChI=1S/C11H15N3O2/c12-8(11(15)16)5-7-6-13-9-3-1-2-4-10(9)14-7/h6,8H,1-5,12H2,(H,15,16). The molecule has 1 heterocycles. The maximum absolute atomic E-state index is 10.6. The Hall–Kier alpha value is -1.49. The zero-order chi connectivity index (χ0) is 11.5. The van der Waals surface area contributed by atoms with Crippen LogP contribution < -0.4 is 5.73 Å². The van der Waals surface area contributed by atoms with E-state index in [1.54, 1.807) is 6.20 Å². The van der Waals surface area contributed by atoms with E-state index in [1.807, 2.05) is 0 Å². The van der Waals surface area contributed by atoms with Gasteiger partial charge in [0.25, 0.3) is 0 Å². The topological polar surface area (TPSA) is 89.1 Å². The zero-order valence-electron chi connectivity index (χ0n) is 9.02. The van der Waals surface area contributed by atoms with Crippen LogP contribution >= 0.6 is 0 Å². The van der Waals surface area contributed by atoms with Crippen molar-refractivity contribution in [3.05, 3.63) is 23.3 Å². The maximum Gasteiger partial charge on any atom is 0.320 e. The maximum atomic E-state index is 10.6. The quantitative estimate of drug-likeness (QED) is 0.766. The van der Waals surface area contributed by atoms with Gasteiger partial charge in [-0.3, -0.25) is 14.8 Å². The van der Waals surface area contributed by atoms with Crippen LogP contribution in [0.2, 0.25) is 0 Å². The molecule has 1 aromatic rings. The Labute approximate surface area is 93.7 Å². The molecule has 5 nitrogen and oxygen atoms in total. The lowest BCUT2D eigenvalue weighted by atomic mass is 10.0. The largest absolute Gasteiger partial charge is 0.480 e. The molecule has 1 unspecified atom stereocenters. The molecule has 0 aliphatic heterocycles. The molecule has 0 saturated heterocycles. The Kier molecular flexibility index (Phi) is 3.14. The predicted molar refractivity (Wildman–Crippen MR) is 58.0 cm³/mol. The minimum atomic E-state index is -1.00. The zero-order valence-corrected chi connectivity index (χ0v) is 9.02. The van der Waals surface area contributed by atoms with Gasteiger partial charge in [0.1, 0.15) is 6.04 Å². The van der Waals surface area contributed by atoms with E-state index < -0.39 is 12.0 Å². The van der Waals surface area contributed by atoms with Crippen LogP contribution in [0.1, 0.15) is 29.9 Å². The van der Waals surface area contributed by atoms with Gasteiger partial charge in [-0.25, -0.2) is 0 Å². The molecule has 0 fully saturated rings. The van der Waals surface area contributed by atoms with Crippen LogP contribution in [0.3, 0.4) is 0 Å². The van der Waals surface area contributed by atoms with E-state index in [-0.39, 0.29) is 6.42 Å². The fourth-order valence-electron chi connectivity index (χ4n) is 1.90.